The van der Waals surface area contributed by atoms with Crippen molar-refractivity contribution in [1.82, 2.24) is 9.88 Å². The molecule has 0 N–H and O–H groups in total. The van der Waals surface area contributed by atoms with Crippen LogP contribution in [0.25, 0.3) is 0 Å². The van der Waals surface area contributed by atoms with Crippen molar-refractivity contribution >= 4 is 12.2 Å². The molecule has 1 aromatic heterocycles. The fourth-order valence-corrected chi connectivity index (χ4v) is 3.28. The van der Waals surface area contributed by atoms with E-state index in [2.05, 4.69) is 22.9 Å². The summed E-state index contributed by atoms with van der Waals surface area (Å²) in [6.07, 6.45) is 6.27. The number of aryl methyl sites for hydroxylation is 1. The normalized spacial score (nSPS) is 23.2. The van der Waals surface area contributed by atoms with Crippen LogP contribution in [-0.4, -0.2) is 49.1 Å². The second kappa shape index (κ2) is 6.43. The van der Waals surface area contributed by atoms with Gasteiger partial charge in [-0.05, 0) is 43.4 Å². The van der Waals surface area contributed by atoms with Crippen LogP contribution in [0.15, 0.2) is 12.3 Å². The average molecular weight is 289 g/mol. The van der Waals surface area contributed by atoms with E-state index in [1.54, 1.807) is 0 Å². The van der Waals surface area contributed by atoms with Crippen LogP contribution in [0.4, 0.5) is 5.82 Å². The predicted octanol–water partition coefficient (Wildman–Crippen LogP) is 1.91. The minimum Gasteiger partial charge on any atom is -0.378 e. The number of likely N-dealkylation sites (tertiary alicyclic amines) is 1. The van der Waals surface area contributed by atoms with Gasteiger partial charge in [-0.25, -0.2) is 4.98 Å². The zero-order valence-electron chi connectivity index (χ0n) is 12.6. The van der Waals surface area contributed by atoms with Crippen molar-refractivity contribution in [2.75, 3.05) is 37.7 Å². The fourth-order valence-electron chi connectivity index (χ4n) is 3.28. The third-order valence-corrected chi connectivity index (χ3v) is 4.51. The fraction of sp³-hybridized carbons (Fsp3) is 0.625. The molecular weight excluding hydrogens is 266 g/mol. The highest BCUT2D eigenvalue weighted by atomic mass is 16.5. The second-order valence-corrected chi connectivity index (χ2v) is 5.85. The first-order valence-corrected chi connectivity index (χ1v) is 7.80. The molecule has 21 heavy (non-hydrogen) atoms. The van der Waals surface area contributed by atoms with Gasteiger partial charge in [-0.3, -0.25) is 4.79 Å². The van der Waals surface area contributed by atoms with Crippen LogP contribution in [0.1, 0.15) is 36.4 Å². The molecule has 2 fully saturated rings. The van der Waals surface area contributed by atoms with Crippen molar-refractivity contribution in [3.63, 3.8) is 0 Å². The zero-order chi connectivity index (χ0) is 14.7. The summed E-state index contributed by atoms with van der Waals surface area (Å²) in [7, 11) is 0. The first-order chi connectivity index (χ1) is 10.3. The lowest BCUT2D eigenvalue weighted by molar-refractivity contribution is -0.121. The molecular formula is C16H23N3O2. The summed E-state index contributed by atoms with van der Waals surface area (Å²) in [4.78, 5) is 20.1. The van der Waals surface area contributed by atoms with Gasteiger partial charge >= 0.3 is 0 Å². The SMILES string of the molecule is Cc1cc(N2CCOCC2)ncc1C1CCCCN1C=O. The summed E-state index contributed by atoms with van der Waals surface area (Å²) >= 11 is 0. The molecule has 3 heterocycles. The molecule has 2 saturated heterocycles. The van der Waals surface area contributed by atoms with Crippen LogP contribution in [0.2, 0.25) is 0 Å². The van der Waals surface area contributed by atoms with Gasteiger partial charge < -0.3 is 14.5 Å². The number of anilines is 1. The Morgan fingerprint density at radius 1 is 1.29 bits per heavy atom. The van der Waals surface area contributed by atoms with Crippen molar-refractivity contribution in [3.05, 3.63) is 23.4 Å². The molecule has 0 saturated carbocycles. The molecule has 5 nitrogen and oxygen atoms in total. The molecule has 2 aliphatic heterocycles. The minimum absolute atomic E-state index is 0.197. The Morgan fingerprint density at radius 2 is 2.10 bits per heavy atom. The molecule has 1 atom stereocenters. The molecule has 5 heteroatoms. The largest absolute Gasteiger partial charge is 0.378 e. The standard InChI is InChI=1S/C16H23N3O2/c1-13-10-16(18-6-8-21-9-7-18)17-11-14(13)15-4-2-3-5-19(15)12-20/h10-12,15H,2-9H2,1H3. The van der Waals surface area contributed by atoms with Gasteiger partial charge in [0, 0.05) is 25.8 Å². The lowest BCUT2D eigenvalue weighted by Gasteiger charge is -2.34. The molecule has 1 amide bonds. The van der Waals surface area contributed by atoms with E-state index in [9.17, 15) is 4.79 Å². The molecule has 0 bridgehead atoms. The van der Waals surface area contributed by atoms with Gasteiger partial charge in [0.1, 0.15) is 5.82 Å². The smallest absolute Gasteiger partial charge is 0.210 e. The Morgan fingerprint density at radius 3 is 2.81 bits per heavy atom. The van der Waals surface area contributed by atoms with E-state index in [1.165, 1.54) is 17.5 Å². The van der Waals surface area contributed by atoms with Gasteiger partial charge in [0.15, 0.2) is 0 Å². The molecule has 0 aromatic carbocycles. The van der Waals surface area contributed by atoms with Crippen LogP contribution in [0, 0.1) is 6.92 Å². The van der Waals surface area contributed by atoms with Crippen molar-refractivity contribution < 1.29 is 9.53 Å². The molecule has 2 aliphatic rings. The number of pyridine rings is 1. The summed E-state index contributed by atoms with van der Waals surface area (Å²) in [5.74, 6) is 1.02. The van der Waals surface area contributed by atoms with E-state index in [4.69, 9.17) is 4.74 Å². The monoisotopic (exact) mass is 289 g/mol. The summed E-state index contributed by atoms with van der Waals surface area (Å²) in [5.41, 5.74) is 2.42. The predicted molar refractivity (Wildman–Crippen MR) is 81.4 cm³/mol. The van der Waals surface area contributed by atoms with Gasteiger partial charge in [-0.15, -0.1) is 0 Å². The number of carbonyl (C=O) groups is 1. The lowest BCUT2D eigenvalue weighted by Crippen LogP contribution is -2.37. The maximum Gasteiger partial charge on any atom is 0.210 e. The molecule has 0 spiro atoms. The number of piperidine rings is 1. The van der Waals surface area contributed by atoms with E-state index in [0.717, 1.165) is 57.9 Å². The number of aromatic nitrogens is 1. The molecule has 0 aliphatic carbocycles. The van der Waals surface area contributed by atoms with Crippen LogP contribution in [-0.2, 0) is 9.53 Å². The number of ether oxygens (including phenoxy) is 1. The van der Waals surface area contributed by atoms with E-state index in [1.807, 2.05) is 11.1 Å². The van der Waals surface area contributed by atoms with Gasteiger partial charge in [0.2, 0.25) is 6.41 Å². The van der Waals surface area contributed by atoms with E-state index < -0.39 is 0 Å². The third-order valence-electron chi connectivity index (χ3n) is 4.51. The summed E-state index contributed by atoms with van der Waals surface area (Å²) < 4.78 is 5.38. The Bertz CT molecular complexity index is 500. The highest BCUT2D eigenvalue weighted by Crippen LogP contribution is 2.32. The van der Waals surface area contributed by atoms with E-state index in [-0.39, 0.29) is 6.04 Å². The summed E-state index contributed by atoms with van der Waals surface area (Å²) in [6, 6.07) is 2.35. The maximum atomic E-state index is 11.3. The average Bonchev–Trinajstić information content (AvgIpc) is 2.55. The lowest BCUT2D eigenvalue weighted by atomic mass is 9.94. The summed E-state index contributed by atoms with van der Waals surface area (Å²) in [5, 5.41) is 0. The number of hydrogen-bond acceptors (Lipinski definition) is 4. The van der Waals surface area contributed by atoms with E-state index >= 15 is 0 Å². The maximum absolute atomic E-state index is 11.3. The number of rotatable bonds is 3. The number of hydrogen-bond donors (Lipinski definition) is 0. The Kier molecular flexibility index (Phi) is 4.39. The summed E-state index contributed by atoms with van der Waals surface area (Å²) in [6.45, 7) is 6.32. The van der Waals surface area contributed by atoms with Crippen molar-refractivity contribution in [3.8, 4) is 0 Å². The Hall–Kier alpha value is -1.62. The van der Waals surface area contributed by atoms with Crippen LogP contribution in [0.3, 0.4) is 0 Å². The minimum atomic E-state index is 0.197. The van der Waals surface area contributed by atoms with Crippen LogP contribution >= 0.6 is 0 Å². The topological polar surface area (TPSA) is 45.7 Å². The Balaban J connectivity index is 1.81. The number of morpholine rings is 1. The third kappa shape index (κ3) is 3.02. The highest BCUT2D eigenvalue weighted by molar-refractivity contribution is 5.51. The van der Waals surface area contributed by atoms with Gasteiger partial charge in [-0.2, -0.15) is 0 Å². The van der Waals surface area contributed by atoms with Crippen molar-refractivity contribution in [1.29, 1.82) is 0 Å². The van der Waals surface area contributed by atoms with Crippen molar-refractivity contribution in [2.45, 2.75) is 32.2 Å². The molecule has 1 aromatic rings. The number of carbonyl (C=O) groups excluding carboxylic acids is 1. The molecule has 3 rings (SSSR count). The molecule has 1 unspecified atom stereocenters. The highest BCUT2D eigenvalue weighted by Gasteiger charge is 2.25. The van der Waals surface area contributed by atoms with Crippen LogP contribution in [0.5, 0.6) is 0 Å². The molecule has 0 radical (unpaired) electrons. The van der Waals surface area contributed by atoms with Crippen molar-refractivity contribution in [2.24, 2.45) is 0 Å². The van der Waals surface area contributed by atoms with E-state index in [0.29, 0.717) is 0 Å². The quantitative estimate of drug-likeness (QED) is 0.797. The first kappa shape index (κ1) is 14.3. The number of nitrogens with zero attached hydrogens (tertiary/aromatic N) is 3. The van der Waals surface area contributed by atoms with Gasteiger partial charge in [0.05, 0.1) is 19.3 Å². The first-order valence-electron chi connectivity index (χ1n) is 7.80. The van der Waals surface area contributed by atoms with Gasteiger partial charge in [0.25, 0.3) is 0 Å². The van der Waals surface area contributed by atoms with Gasteiger partial charge in [-0.1, -0.05) is 0 Å². The Labute approximate surface area is 125 Å². The zero-order valence-corrected chi connectivity index (χ0v) is 12.6. The second-order valence-electron chi connectivity index (χ2n) is 5.85. The van der Waals surface area contributed by atoms with Crippen LogP contribution < -0.4 is 4.90 Å². The number of amides is 1. The molecule has 114 valence electrons.